The van der Waals surface area contributed by atoms with E-state index in [2.05, 4.69) is 5.32 Å². The van der Waals surface area contributed by atoms with Gasteiger partial charge in [-0.2, -0.15) is 0 Å². The Labute approximate surface area is 121 Å². The van der Waals surface area contributed by atoms with Crippen molar-refractivity contribution in [2.45, 2.75) is 19.9 Å². The molecule has 0 aliphatic carbocycles. The second kappa shape index (κ2) is 6.08. The summed E-state index contributed by atoms with van der Waals surface area (Å²) in [6.07, 6.45) is 0. The summed E-state index contributed by atoms with van der Waals surface area (Å²) < 4.78 is 45.1. The van der Waals surface area contributed by atoms with E-state index in [0.717, 1.165) is 17.2 Å². The Morgan fingerprint density at radius 3 is 2.43 bits per heavy atom. The Hall–Kier alpha value is -2.17. The lowest BCUT2D eigenvalue weighted by Crippen LogP contribution is -2.10. The third-order valence-electron chi connectivity index (χ3n) is 3.26. The molecule has 2 nitrogen and oxygen atoms in total. The standard InChI is InChI=1S/C16H16F3NO/c1-9-4-7-14(21-3)11(8-9)10(2)20-13-6-5-12(17)15(18)16(13)19/h4-8,10,20H,1-3H3. The molecule has 1 atom stereocenters. The maximum absolute atomic E-state index is 13.7. The first kappa shape index (κ1) is 15.2. The molecule has 112 valence electrons. The number of ether oxygens (including phenoxy) is 1. The van der Waals surface area contributed by atoms with Crippen LogP contribution >= 0.6 is 0 Å². The summed E-state index contributed by atoms with van der Waals surface area (Å²) in [6.45, 7) is 3.71. The van der Waals surface area contributed by atoms with Gasteiger partial charge < -0.3 is 10.1 Å². The number of nitrogens with one attached hydrogen (secondary N) is 1. The molecule has 0 heterocycles. The number of hydrogen-bond donors (Lipinski definition) is 1. The van der Waals surface area contributed by atoms with Crippen LogP contribution in [0.5, 0.6) is 5.75 Å². The zero-order chi connectivity index (χ0) is 15.6. The predicted molar refractivity (Wildman–Crippen MR) is 76.1 cm³/mol. The summed E-state index contributed by atoms with van der Waals surface area (Å²) in [5.41, 5.74) is 1.73. The van der Waals surface area contributed by atoms with Gasteiger partial charge in [0.25, 0.3) is 0 Å². The smallest absolute Gasteiger partial charge is 0.196 e. The van der Waals surface area contributed by atoms with Crippen molar-refractivity contribution in [1.29, 1.82) is 0 Å². The molecule has 0 saturated heterocycles. The molecule has 2 aromatic carbocycles. The third kappa shape index (κ3) is 3.12. The first-order chi connectivity index (χ1) is 9.93. The van der Waals surface area contributed by atoms with E-state index in [9.17, 15) is 13.2 Å². The Bertz CT molecular complexity index is 658. The lowest BCUT2D eigenvalue weighted by molar-refractivity contribution is 0.407. The number of aryl methyl sites for hydroxylation is 1. The number of methoxy groups -OCH3 is 1. The molecular formula is C16H16F3NO. The summed E-state index contributed by atoms with van der Waals surface area (Å²) in [4.78, 5) is 0. The van der Waals surface area contributed by atoms with Crippen LogP contribution in [0.25, 0.3) is 0 Å². The first-order valence-corrected chi connectivity index (χ1v) is 6.48. The molecule has 5 heteroatoms. The normalized spacial score (nSPS) is 12.1. The van der Waals surface area contributed by atoms with Crippen LogP contribution in [0.2, 0.25) is 0 Å². The van der Waals surface area contributed by atoms with Crippen molar-refractivity contribution < 1.29 is 17.9 Å². The highest BCUT2D eigenvalue weighted by atomic mass is 19.2. The van der Waals surface area contributed by atoms with Crippen molar-refractivity contribution in [2.75, 3.05) is 12.4 Å². The highest BCUT2D eigenvalue weighted by Crippen LogP contribution is 2.30. The molecule has 1 N–H and O–H groups in total. The van der Waals surface area contributed by atoms with Crippen molar-refractivity contribution in [3.8, 4) is 5.75 Å². The van der Waals surface area contributed by atoms with Gasteiger partial charge in [0, 0.05) is 5.56 Å². The van der Waals surface area contributed by atoms with Gasteiger partial charge in [-0.15, -0.1) is 0 Å². The highest BCUT2D eigenvalue weighted by Gasteiger charge is 2.17. The Kier molecular flexibility index (Phi) is 4.40. The van der Waals surface area contributed by atoms with Gasteiger partial charge in [0.05, 0.1) is 18.8 Å². The van der Waals surface area contributed by atoms with Gasteiger partial charge in [0.15, 0.2) is 17.5 Å². The molecule has 0 aliphatic heterocycles. The van der Waals surface area contributed by atoms with Crippen molar-refractivity contribution in [3.63, 3.8) is 0 Å². The van der Waals surface area contributed by atoms with Crippen molar-refractivity contribution >= 4 is 5.69 Å². The largest absolute Gasteiger partial charge is 0.496 e. The van der Waals surface area contributed by atoms with Crippen molar-refractivity contribution in [2.24, 2.45) is 0 Å². The van der Waals surface area contributed by atoms with Crippen LogP contribution in [-0.2, 0) is 0 Å². The van der Waals surface area contributed by atoms with Gasteiger partial charge in [0.2, 0.25) is 0 Å². The number of halogens is 3. The summed E-state index contributed by atoms with van der Waals surface area (Å²) in [5.74, 6) is -3.28. The Morgan fingerprint density at radius 2 is 1.76 bits per heavy atom. The molecule has 0 aromatic heterocycles. The lowest BCUT2D eigenvalue weighted by atomic mass is 10.0. The van der Waals surface area contributed by atoms with E-state index in [1.54, 1.807) is 14.0 Å². The number of benzene rings is 2. The van der Waals surface area contributed by atoms with E-state index in [0.29, 0.717) is 5.75 Å². The fraction of sp³-hybridized carbons (Fsp3) is 0.250. The minimum absolute atomic E-state index is 0.0926. The van der Waals surface area contributed by atoms with Crippen LogP contribution in [0.3, 0.4) is 0 Å². The predicted octanol–water partition coefficient (Wildman–Crippen LogP) is 4.59. The summed E-state index contributed by atoms with van der Waals surface area (Å²) >= 11 is 0. The fourth-order valence-electron chi connectivity index (χ4n) is 2.14. The van der Waals surface area contributed by atoms with Crippen LogP contribution in [0, 0.1) is 24.4 Å². The first-order valence-electron chi connectivity index (χ1n) is 6.48. The number of anilines is 1. The molecule has 21 heavy (non-hydrogen) atoms. The molecule has 2 rings (SSSR count). The molecule has 2 aromatic rings. The van der Waals surface area contributed by atoms with Gasteiger partial charge in [-0.3, -0.25) is 0 Å². The van der Waals surface area contributed by atoms with Gasteiger partial charge in [-0.05, 0) is 32.0 Å². The van der Waals surface area contributed by atoms with Gasteiger partial charge in [-0.25, -0.2) is 13.2 Å². The van der Waals surface area contributed by atoms with Crippen LogP contribution < -0.4 is 10.1 Å². The van der Waals surface area contributed by atoms with E-state index in [1.165, 1.54) is 6.07 Å². The summed E-state index contributed by atoms with van der Waals surface area (Å²) in [5, 5.41) is 2.83. The van der Waals surface area contributed by atoms with E-state index >= 15 is 0 Å². The summed E-state index contributed by atoms with van der Waals surface area (Å²) in [7, 11) is 1.54. The quantitative estimate of drug-likeness (QED) is 0.833. The van der Waals surface area contributed by atoms with Crippen LogP contribution in [0.4, 0.5) is 18.9 Å². The zero-order valence-electron chi connectivity index (χ0n) is 12.0. The van der Waals surface area contributed by atoms with Crippen molar-refractivity contribution in [1.82, 2.24) is 0 Å². The van der Waals surface area contributed by atoms with E-state index in [-0.39, 0.29) is 11.7 Å². The average Bonchev–Trinajstić information content (AvgIpc) is 2.47. The van der Waals surface area contributed by atoms with E-state index in [4.69, 9.17) is 4.74 Å². The van der Waals surface area contributed by atoms with Gasteiger partial charge >= 0.3 is 0 Å². The number of hydrogen-bond acceptors (Lipinski definition) is 2. The van der Waals surface area contributed by atoms with Crippen molar-refractivity contribution in [3.05, 3.63) is 58.9 Å². The molecule has 0 fully saturated rings. The fourth-order valence-corrected chi connectivity index (χ4v) is 2.14. The van der Waals surface area contributed by atoms with Crippen LogP contribution in [0.15, 0.2) is 30.3 Å². The van der Waals surface area contributed by atoms with Crippen LogP contribution in [0.1, 0.15) is 24.1 Å². The Morgan fingerprint density at radius 1 is 1.05 bits per heavy atom. The number of rotatable bonds is 4. The van der Waals surface area contributed by atoms with E-state index in [1.807, 2.05) is 25.1 Å². The minimum atomic E-state index is -1.48. The molecule has 0 saturated carbocycles. The molecule has 0 amide bonds. The molecule has 0 spiro atoms. The van der Waals surface area contributed by atoms with Gasteiger partial charge in [-0.1, -0.05) is 17.7 Å². The summed E-state index contributed by atoms with van der Waals surface area (Å²) in [6, 6.07) is 7.33. The van der Waals surface area contributed by atoms with Gasteiger partial charge in [0.1, 0.15) is 5.75 Å². The minimum Gasteiger partial charge on any atom is -0.496 e. The second-order valence-corrected chi connectivity index (χ2v) is 4.83. The molecule has 1 unspecified atom stereocenters. The maximum atomic E-state index is 13.7. The monoisotopic (exact) mass is 295 g/mol. The SMILES string of the molecule is COc1ccc(C)cc1C(C)Nc1ccc(F)c(F)c1F. The zero-order valence-corrected chi connectivity index (χ0v) is 12.0. The molecule has 0 aliphatic rings. The lowest BCUT2D eigenvalue weighted by Gasteiger charge is -2.19. The van der Waals surface area contributed by atoms with E-state index < -0.39 is 17.5 Å². The van der Waals surface area contributed by atoms with Crippen LogP contribution in [-0.4, -0.2) is 7.11 Å². The highest BCUT2D eigenvalue weighted by molar-refractivity contribution is 5.49. The average molecular weight is 295 g/mol. The third-order valence-corrected chi connectivity index (χ3v) is 3.26. The Balaban J connectivity index is 2.32. The molecule has 0 radical (unpaired) electrons. The maximum Gasteiger partial charge on any atom is 0.196 e. The topological polar surface area (TPSA) is 21.3 Å². The molecule has 0 bridgehead atoms. The second-order valence-electron chi connectivity index (χ2n) is 4.83. The molecular weight excluding hydrogens is 279 g/mol.